The normalized spacial score (nSPS) is 26.4. The number of hydrogen-bond donors (Lipinski definition) is 2. The summed E-state index contributed by atoms with van der Waals surface area (Å²) in [5.41, 5.74) is 7.75. The van der Waals surface area contributed by atoms with Gasteiger partial charge in [-0.15, -0.1) is 0 Å². The van der Waals surface area contributed by atoms with E-state index in [1.54, 1.807) is 23.0 Å². The number of hydroxylamine groups is 3. The van der Waals surface area contributed by atoms with Crippen molar-refractivity contribution in [1.82, 2.24) is 19.5 Å². The van der Waals surface area contributed by atoms with Crippen LogP contribution in [0.25, 0.3) is 11.2 Å². The molecule has 3 aromatic rings. The number of nitrogens with two attached hydrogens (primary N) is 1. The van der Waals surface area contributed by atoms with Gasteiger partial charge in [0.1, 0.15) is 43.3 Å². The van der Waals surface area contributed by atoms with Crippen LogP contribution in [0.2, 0.25) is 22.2 Å². The summed E-state index contributed by atoms with van der Waals surface area (Å²) in [6, 6.07) is 6.40. The van der Waals surface area contributed by atoms with Crippen LogP contribution in [-0.4, -0.2) is 96.4 Å². The monoisotopic (exact) mass is 699 g/mol. The summed E-state index contributed by atoms with van der Waals surface area (Å²) in [4.78, 5) is 39.5. The van der Waals surface area contributed by atoms with E-state index in [2.05, 4.69) is 70.3 Å². The van der Waals surface area contributed by atoms with Gasteiger partial charge >= 0.3 is 28.9 Å². The summed E-state index contributed by atoms with van der Waals surface area (Å²) >= 11 is 0. The Kier molecular flexibility index (Phi) is 9.27. The van der Waals surface area contributed by atoms with Gasteiger partial charge in [-0.3, -0.25) is 4.57 Å². The fourth-order valence-corrected chi connectivity index (χ4v) is 18.7. The Morgan fingerprint density at radius 2 is 1.56 bits per heavy atom. The number of carbonyl (C=O) groups excluding carboxylic acids is 2. The lowest BCUT2D eigenvalue weighted by atomic mass is 10.1. The van der Waals surface area contributed by atoms with Gasteiger partial charge in [0.25, 0.3) is 0 Å². The first-order chi connectivity index (χ1) is 22.7. The zero-order valence-electron chi connectivity index (χ0n) is 28.8. The van der Waals surface area contributed by atoms with Crippen LogP contribution in [0.4, 0.5) is 5.82 Å². The number of rotatable bonds is 9. The Labute approximate surface area is 282 Å². The molecule has 48 heavy (non-hydrogen) atoms. The Hall–Kier alpha value is -2.94. The molecule has 260 valence electrons. The first kappa shape index (κ1) is 34.9. The number of fused-ring (bicyclic) bond motifs is 3. The molecule has 4 atom stereocenters. The minimum Gasteiger partial charge on any atom is -0.414 e. The SMILES string of the molecule is CC(C)[Si]1(C(C)C)OC[C@H]2O[C@@H](n3cnc4c(N)ncnc43)[C@H](OCC[N+]3(O)C(=O)c4ccccc4C3=O)[C@@H]2O[Si](C(C)C)(C(C)C)O1. The fourth-order valence-electron chi connectivity index (χ4n) is 7.45. The molecule has 0 bridgehead atoms. The third kappa shape index (κ3) is 5.37. The molecule has 2 amide bonds. The number of quaternary nitrogens is 1. The Bertz CT molecular complexity index is 1650. The summed E-state index contributed by atoms with van der Waals surface area (Å²) in [5.74, 6) is -1.16. The molecule has 16 heteroatoms. The van der Waals surface area contributed by atoms with Crippen molar-refractivity contribution < 1.29 is 41.9 Å². The maximum absolute atomic E-state index is 13.2. The molecule has 1 aromatic carbocycles. The summed E-state index contributed by atoms with van der Waals surface area (Å²) in [6.45, 7) is 16.9. The zero-order chi connectivity index (χ0) is 34.8. The summed E-state index contributed by atoms with van der Waals surface area (Å²) in [5, 5.41) is 11.4. The molecular weight excluding hydrogens is 653 g/mol. The quantitative estimate of drug-likeness (QED) is 0.135. The number of hydrogen-bond acceptors (Lipinski definition) is 12. The molecule has 2 saturated heterocycles. The predicted octanol–water partition coefficient (Wildman–Crippen LogP) is 4.85. The van der Waals surface area contributed by atoms with E-state index in [1.165, 1.54) is 18.5 Å². The number of nitrogen functional groups attached to an aromatic ring is 1. The van der Waals surface area contributed by atoms with Gasteiger partial charge in [0.15, 0.2) is 17.7 Å². The van der Waals surface area contributed by atoms with Crippen molar-refractivity contribution in [3.63, 3.8) is 0 Å². The van der Waals surface area contributed by atoms with Crippen LogP contribution < -0.4 is 5.73 Å². The summed E-state index contributed by atoms with van der Waals surface area (Å²) in [6.07, 6.45) is 0.105. The van der Waals surface area contributed by atoms with Gasteiger partial charge in [0.05, 0.1) is 24.1 Å². The van der Waals surface area contributed by atoms with Crippen LogP contribution in [0.5, 0.6) is 0 Å². The van der Waals surface area contributed by atoms with Crippen molar-refractivity contribution in [2.24, 2.45) is 0 Å². The molecule has 6 rings (SSSR count). The average molecular weight is 700 g/mol. The Morgan fingerprint density at radius 1 is 0.958 bits per heavy atom. The maximum atomic E-state index is 13.2. The lowest BCUT2D eigenvalue weighted by molar-refractivity contribution is -0.965. The van der Waals surface area contributed by atoms with Gasteiger partial charge in [-0.1, -0.05) is 67.5 Å². The van der Waals surface area contributed by atoms with Crippen molar-refractivity contribution in [2.45, 2.75) is 102 Å². The first-order valence-electron chi connectivity index (χ1n) is 16.7. The smallest absolute Gasteiger partial charge is 0.386 e. The molecule has 5 heterocycles. The minimum absolute atomic E-state index is 0.0511. The Balaban J connectivity index is 1.39. The second-order valence-electron chi connectivity index (χ2n) is 14.2. The van der Waals surface area contributed by atoms with E-state index in [1.807, 2.05) is 0 Å². The molecule has 0 saturated carbocycles. The van der Waals surface area contributed by atoms with Crippen molar-refractivity contribution in [3.05, 3.63) is 48.0 Å². The van der Waals surface area contributed by atoms with Gasteiger partial charge in [-0.25, -0.2) is 29.7 Å². The van der Waals surface area contributed by atoms with E-state index < -0.39 is 58.1 Å². The number of imide groups is 1. The first-order valence-corrected chi connectivity index (χ1v) is 20.6. The predicted molar refractivity (Wildman–Crippen MR) is 179 cm³/mol. The molecule has 2 fully saturated rings. The average Bonchev–Trinajstić information content (AvgIpc) is 3.66. The highest BCUT2D eigenvalue weighted by atomic mass is 28.5. The lowest BCUT2D eigenvalue weighted by Crippen LogP contribution is -2.66. The number of imidazole rings is 1. The largest absolute Gasteiger partial charge is 0.414 e. The van der Waals surface area contributed by atoms with Gasteiger partial charge in [-0.05, 0) is 38.9 Å². The van der Waals surface area contributed by atoms with Gasteiger partial charge in [0, 0.05) is 0 Å². The molecule has 0 radical (unpaired) electrons. The highest BCUT2D eigenvalue weighted by Crippen LogP contribution is 2.49. The number of nitrogens with zero attached hydrogens (tertiary/aromatic N) is 5. The van der Waals surface area contributed by atoms with Gasteiger partial charge in [0.2, 0.25) is 0 Å². The Morgan fingerprint density at radius 3 is 2.15 bits per heavy atom. The molecule has 3 N–H and O–H groups in total. The number of ether oxygens (including phenoxy) is 2. The van der Waals surface area contributed by atoms with Crippen molar-refractivity contribution in [2.75, 3.05) is 25.5 Å². The minimum atomic E-state index is -3.09. The van der Waals surface area contributed by atoms with Crippen LogP contribution in [0, 0.1) is 0 Å². The third-order valence-corrected chi connectivity index (χ3v) is 20.3. The van der Waals surface area contributed by atoms with Crippen LogP contribution in [0.3, 0.4) is 0 Å². The number of aromatic nitrogens is 4. The van der Waals surface area contributed by atoms with Crippen LogP contribution >= 0.6 is 0 Å². The maximum Gasteiger partial charge on any atom is 0.386 e. The van der Waals surface area contributed by atoms with Gasteiger partial charge in [-0.2, -0.15) is 0 Å². The second-order valence-corrected chi connectivity index (χ2v) is 23.0. The highest BCUT2D eigenvalue weighted by molar-refractivity contribution is 6.84. The number of anilines is 1. The molecule has 3 aliphatic heterocycles. The molecule has 2 aromatic heterocycles. The molecule has 0 spiro atoms. The summed E-state index contributed by atoms with van der Waals surface area (Å²) in [7, 11) is -5.94. The molecule has 0 aliphatic carbocycles. The van der Waals surface area contributed by atoms with E-state index in [9.17, 15) is 14.8 Å². The van der Waals surface area contributed by atoms with Crippen LogP contribution in [0.1, 0.15) is 82.3 Å². The molecule has 3 aliphatic rings. The second kappa shape index (κ2) is 12.7. The van der Waals surface area contributed by atoms with Crippen molar-refractivity contribution in [1.29, 1.82) is 0 Å². The van der Waals surface area contributed by atoms with E-state index in [0.29, 0.717) is 11.2 Å². The number of amides is 2. The lowest BCUT2D eigenvalue weighted by Gasteiger charge is -2.51. The molecule has 0 unspecified atom stereocenters. The van der Waals surface area contributed by atoms with Crippen LogP contribution in [0.15, 0.2) is 36.9 Å². The molecule has 14 nitrogen and oxygen atoms in total. The number of benzene rings is 1. The fraction of sp³-hybridized carbons (Fsp3) is 0.594. The van der Waals surface area contributed by atoms with Crippen LogP contribution in [-0.2, 0) is 22.4 Å². The molecular formula is C32H47N6O8Si2+. The van der Waals surface area contributed by atoms with E-state index in [4.69, 9.17) is 28.2 Å². The zero-order valence-corrected chi connectivity index (χ0v) is 30.8. The van der Waals surface area contributed by atoms with Crippen molar-refractivity contribution >= 4 is 45.9 Å². The standard InChI is InChI=1S/C32H47N6O8Si2/c1-18(2)47(19(3)4)43-15-24-26(45-48(46-47,20(5)6)21(7)8)27(30(44-24)37-17-36-25-28(33)34-16-35-29(25)37)42-14-13-38(41)31(39)22-11-9-10-12-23(22)32(38)40/h9-12,16-21,24,26-27,30,41H,13-15H2,1-8H3,(H2,33,34,35)/q+1/t24-,26-,27-,30-/m1/s1. The topological polar surface area (TPSA) is 170 Å². The third-order valence-electron chi connectivity index (χ3n) is 10.1. The van der Waals surface area contributed by atoms with Gasteiger partial charge < -0.3 is 28.2 Å². The summed E-state index contributed by atoms with van der Waals surface area (Å²) < 4.78 is 35.3. The van der Waals surface area contributed by atoms with E-state index >= 15 is 0 Å². The highest BCUT2D eigenvalue weighted by Gasteiger charge is 2.62. The van der Waals surface area contributed by atoms with E-state index in [0.717, 1.165) is 0 Å². The number of carbonyl (C=O) groups is 2. The van der Waals surface area contributed by atoms with Crippen molar-refractivity contribution in [3.8, 4) is 0 Å². The van der Waals surface area contributed by atoms with E-state index in [-0.39, 0.29) is 58.9 Å².